The maximum Gasteiger partial charge on any atom is 0.219 e. The monoisotopic (exact) mass is 323 g/mol. The molecule has 0 aliphatic rings. The Hall–Kier alpha value is -1.42. The Morgan fingerprint density at radius 2 is 1.89 bits per heavy atom. The Kier molecular flexibility index (Phi) is 3.90. The molecular weight excluding hydrogens is 309 g/mol. The van der Waals surface area contributed by atoms with Crippen LogP contribution in [0.15, 0.2) is 41.0 Å². The summed E-state index contributed by atoms with van der Waals surface area (Å²) in [6.45, 7) is 6.33. The molecule has 0 unspecified atom stereocenters. The molecule has 1 aromatic heterocycles. The number of ether oxygens (including phenoxy) is 1. The molecule has 0 saturated carbocycles. The molecule has 0 saturated heterocycles. The van der Waals surface area contributed by atoms with Crippen molar-refractivity contribution in [2.75, 3.05) is 0 Å². The Morgan fingerprint density at radius 1 is 1.16 bits per heavy atom. The highest BCUT2D eigenvalue weighted by Gasteiger charge is 2.14. The zero-order chi connectivity index (χ0) is 14.0. The molecule has 19 heavy (non-hydrogen) atoms. The van der Waals surface area contributed by atoms with E-state index < -0.39 is 5.82 Å². The molecule has 2 rings (SSSR count). The van der Waals surface area contributed by atoms with Crippen molar-refractivity contribution in [3.05, 3.63) is 52.4 Å². The third-order valence-corrected chi connectivity index (χ3v) is 3.20. The minimum absolute atomic E-state index is 0.0343. The summed E-state index contributed by atoms with van der Waals surface area (Å²) in [5.74, 6) is 0.125. The summed E-state index contributed by atoms with van der Waals surface area (Å²) >= 11 is 3.28. The maximum absolute atomic E-state index is 13.6. The van der Waals surface area contributed by atoms with Gasteiger partial charge in [0.2, 0.25) is 5.88 Å². The highest BCUT2D eigenvalue weighted by molar-refractivity contribution is 9.10. The predicted molar refractivity (Wildman–Crippen MR) is 77.1 cm³/mol. The van der Waals surface area contributed by atoms with E-state index in [0.29, 0.717) is 5.88 Å². The number of pyridine rings is 1. The number of benzene rings is 1. The fourth-order valence-corrected chi connectivity index (χ4v) is 1.89. The SMILES string of the molecule is CC(C)(C)c1ccc(Oc2cc(Br)ccc2F)nc1. The molecular formula is C15H15BrFNO. The van der Waals surface area contributed by atoms with Crippen molar-refractivity contribution in [2.45, 2.75) is 26.2 Å². The molecule has 1 heterocycles. The number of aromatic nitrogens is 1. The van der Waals surface area contributed by atoms with Crippen LogP contribution in [0.5, 0.6) is 11.6 Å². The first-order valence-electron chi connectivity index (χ1n) is 5.96. The summed E-state index contributed by atoms with van der Waals surface area (Å²) in [4.78, 5) is 4.21. The number of hydrogen-bond acceptors (Lipinski definition) is 2. The number of rotatable bonds is 2. The first-order valence-corrected chi connectivity index (χ1v) is 6.75. The molecule has 0 amide bonds. The van der Waals surface area contributed by atoms with Gasteiger partial charge in [-0.05, 0) is 29.2 Å². The molecule has 0 N–H and O–H groups in total. The Labute approximate surface area is 120 Å². The molecule has 0 fully saturated rings. The summed E-state index contributed by atoms with van der Waals surface area (Å²) in [7, 11) is 0. The molecule has 0 spiro atoms. The van der Waals surface area contributed by atoms with Crippen molar-refractivity contribution >= 4 is 15.9 Å². The number of nitrogens with zero attached hydrogens (tertiary/aromatic N) is 1. The lowest BCUT2D eigenvalue weighted by Crippen LogP contribution is -2.11. The molecule has 2 nitrogen and oxygen atoms in total. The highest BCUT2D eigenvalue weighted by Crippen LogP contribution is 2.28. The second kappa shape index (κ2) is 5.29. The lowest BCUT2D eigenvalue weighted by Gasteiger charge is -2.18. The van der Waals surface area contributed by atoms with E-state index in [0.717, 1.165) is 10.0 Å². The van der Waals surface area contributed by atoms with Crippen LogP contribution in [0.3, 0.4) is 0 Å². The smallest absolute Gasteiger partial charge is 0.219 e. The van der Waals surface area contributed by atoms with Crippen LogP contribution < -0.4 is 4.74 Å². The lowest BCUT2D eigenvalue weighted by molar-refractivity contribution is 0.426. The average molecular weight is 324 g/mol. The van der Waals surface area contributed by atoms with E-state index >= 15 is 0 Å². The van der Waals surface area contributed by atoms with Crippen LogP contribution in [0.25, 0.3) is 0 Å². The predicted octanol–water partition coefficient (Wildman–Crippen LogP) is 5.07. The highest BCUT2D eigenvalue weighted by atomic mass is 79.9. The van der Waals surface area contributed by atoms with Gasteiger partial charge in [0.05, 0.1) is 0 Å². The molecule has 4 heteroatoms. The third-order valence-electron chi connectivity index (χ3n) is 2.71. The number of hydrogen-bond donors (Lipinski definition) is 0. The first kappa shape index (κ1) is 14.0. The largest absolute Gasteiger partial charge is 0.436 e. The van der Waals surface area contributed by atoms with E-state index in [-0.39, 0.29) is 11.2 Å². The summed E-state index contributed by atoms with van der Waals surface area (Å²) in [6, 6.07) is 8.25. The summed E-state index contributed by atoms with van der Waals surface area (Å²) in [6.07, 6.45) is 1.76. The normalized spacial score (nSPS) is 11.4. The van der Waals surface area contributed by atoms with E-state index in [1.165, 1.54) is 6.07 Å². The Morgan fingerprint density at radius 3 is 2.47 bits per heavy atom. The van der Waals surface area contributed by atoms with Gasteiger partial charge in [-0.2, -0.15) is 0 Å². The molecule has 0 aliphatic heterocycles. The van der Waals surface area contributed by atoms with Gasteiger partial charge in [-0.3, -0.25) is 0 Å². The first-order chi connectivity index (χ1) is 8.86. The fourth-order valence-electron chi connectivity index (χ4n) is 1.55. The van der Waals surface area contributed by atoms with Crippen LogP contribution in [0.2, 0.25) is 0 Å². The van der Waals surface area contributed by atoms with Crippen molar-refractivity contribution in [1.82, 2.24) is 4.98 Å². The van der Waals surface area contributed by atoms with E-state index in [1.54, 1.807) is 24.4 Å². The van der Waals surface area contributed by atoms with Crippen LogP contribution in [0.1, 0.15) is 26.3 Å². The van der Waals surface area contributed by atoms with Crippen LogP contribution >= 0.6 is 15.9 Å². The molecule has 0 bridgehead atoms. The molecule has 2 aromatic rings. The maximum atomic E-state index is 13.6. The summed E-state index contributed by atoms with van der Waals surface area (Å²) in [5.41, 5.74) is 1.14. The lowest BCUT2D eigenvalue weighted by atomic mass is 9.88. The second-order valence-corrected chi connectivity index (χ2v) is 6.23. The Bertz CT molecular complexity index is 576. The van der Waals surface area contributed by atoms with Crippen LogP contribution in [0.4, 0.5) is 4.39 Å². The average Bonchev–Trinajstić information content (AvgIpc) is 2.33. The zero-order valence-corrected chi connectivity index (χ0v) is 12.7. The van der Waals surface area contributed by atoms with Gasteiger partial charge in [0, 0.05) is 16.7 Å². The molecule has 1 aromatic carbocycles. The van der Waals surface area contributed by atoms with Gasteiger partial charge in [-0.15, -0.1) is 0 Å². The van der Waals surface area contributed by atoms with Crippen LogP contribution in [-0.2, 0) is 5.41 Å². The van der Waals surface area contributed by atoms with E-state index in [9.17, 15) is 4.39 Å². The van der Waals surface area contributed by atoms with Crippen molar-refractivity contribution in [3.63, 3.8) is 0 Å². The van der Waals surface area contributed by atoms with Gasteiger partial charge in [0.15, 0.2) is 11.6 Å². The zero-order valence-electron chi connectivity index (χ0n) is 11.1. The second-order valence-electron chi connectivity index (χ2n) is 5.31. The van der Waals surface area contributed by atoms with E-state index in [1.807, 2.05) is 6.07 Å². The number of halogens is 2. The van der Waals surface area contributed by atoms with Crippen molar-refractivity contribution in [1.29, 1.82) is 0 Å². The van der Waals surface area contributed by atoms with Gasteiger partial charge >= 0.3 is 0 Å². The van der Waals surface area contributed by atoms with Crippen LogP contribution in [0, 0.1) is 5.82 Å². The summed E-state index contributed by atoms with van der Waals surface area (Å²) in [5, 5.41) is 0. The minimum atomic E-state index is -0.412. The van der Waals surface area contributed by atoms with Crippen molar-refractivity contribution < 1.29 is 9.13 Å². The molecule has 0 aliphatic carbocycles. The molecule has 0 atom stereocenters. The van der Waals surface area contributed by atoms with E-state index in [4.69, 9.17) is 4.74 Å². The quantitative estimate of drug-likeness (QED) is 0.769. The third kappa shape index (κ3) is 3.53. The van der Waals surface area contributed by atoms with Crippen LogP contribution in [-0.4, -0.2) is 4.98 Å². The van der Waals surface area contributed by atoms with Crippen molar-refractivity contribution in [3.8, 4) is 11.6 Å². The van der Waals surface area contributed by atoms with Gasteiger partial charge in [0.25, 0.3) is 0 Å². The van der Waals surface area contributed by atoms with Crippen molar-refractivity contribution in [2.24, 2.45) is 0 Å². The summed E-state index contributed by atoms with van der Waals surface area (Å²) < 4.78 is 19.8. The Balaban J connectivity index is 2.22. The standard InChI is InChI=1S/C15H15BrFNO/c1-15(2,3)10-4-7-14(18-9-10)19-13-8-11(16)5-6-12(13)17/h4-9H,1-3H3. The fraction of sp³-hybridized carbons (Fsp3) is 0.267. The van der Waals surface area contributed by atoms with Gasteiger partial charge in [-0.1, -0.05) is 42.8 Å². The topological polar surface area (TPSA) is 22.1 Å². The molecule has 0 radical (unpaired) electrons. The van der Waals surface area contributed by atoms with E-state index in [2.05, 4.69) is 41.7 Å². The van der Waals surface area contributed by atoms with Gasteiger partial charge < -0.3 is 4.74 Å². The molecule has 100 valence electrons. The van der Waals surface area contributed by atoms with Gasteiger partial charge in [-0.25, -0.2) is 9.37 Å². The minimum Gasteiger partial charge on any atom is -0.436 e. The van der Waals surface area contributed by atoms with Gasteiger partial charge in [0.1, 0.15) is 0 Å².